The van der Waals surface area contributed by atoms with Gasteiger partial charge in [-0.3, -0.25) is 0 Å². The van der Waals surface area contributed by atoms with Gasteiger partial charge < -0.3 is 4.74 Å². The molecule has 11 heavy (non-hydrogen) atoms. The van der Waals surface area contributed by atoms with E-state index in [1.807, 2.05) is 6.92 Å². The average Bonchev–Trinajstić information content (AvgIpc) is 2.45. The molecule has 3 nitrogen and oxygen atoms in total. The van der Waals surface area contributed by atoms with Crippen molar-refractivity contribution in [2.45, 2.75) is 26.8 Å². The average molecular weight is 153 g/mol. The maximum atomic E-state index is 5.17. The van der Waals surface area contributed by atoms with Gasteiger partial charge in [-0.2, -0.15) is 5.10 Å². The minimum atomic E-state index is 0.833. The zero-order valence-corrected chi connectivity index (χ0v) is 7.22. The van der Waals surface area contributed by atoms with Gasteiger partial charge >= 0.3 is 0 Å². The molecule has 0 saturated heterocycles. The molecule has 0 aliphatic heterocycles. The van der Waals surface area contributed by atoms with Crippen molar-refractivity contribution in [3.05, 3.63) is 11.8 Å². The van der Waals surface area contributed by atoms with Crippen LogP contribution in [0.25, 0.3) is 0 Å². The van der Waals surface area contributed by atoms with Gasteiger partial charge in [0.05, 0.1) is 7.11 Å². The number of nitrogens with zero attached hydrogens (tertiary/aromatic N) is 2. The van der Waals surface area contributed by atoms with Crippen LogP contribution < -0.4 is 4.74 Å². The third-order valence-corrected chi connectivity index (χ3v) is 1.64. The van der Waals surface area contributed by atoms with E-state index in [1.165, 1.54) is 0 Å². The Morgan fingerprint density at radius 3 is 2.73 bits per heavy atom. The predicted molar refractivity (Wildman–Crippen MR) is 42.7 cm³/mol. The topological polar surface area (TPSA) is 27.1 Å². The molecule has 1 aromatic heterocycles. The first kappa shape index (κ1) is 8.11. The van der Waals surface area contributed by atoms with Crippen molar-refractivity contribution in [1.29, 1.82) is 0 Å². The van der Waals surface area contributed by atoms with Gasteiger partial charge in [-0.25, -0.2) is 4.68 Å². The van der Waals surface area contributed by atoms with Crippen LogP contribution in [-0.2, 0) is 13.0 Å². The monoisotopic (exact) mass is 153 g/mol. The van der Waals surface area contributed by atoms with E-state index >= 15 is 0 Å². The van der Waals surface area contributed by atoms with E-state index < -0.39 is 0 Å². The Bertz CT molecular complexity index is 208. The van der Waals surface area contributed by atoms with Gasteiger partial charge in [-0.1, -0.05) is 6.92 Å². The fourth-order valence-corrected chi connectivity index (χ4v) is 1.04. The van der Waals surface area contributed by atoms with Gasteiger partial charge in [0, 0.05) is 12.1 Å². The number of hydrogen-bond acceptors (Lipinski definition) is 2. The van der Waals surface area contributed by atoms with E-state index in [9.17, 15) is 0 Å². The Morgan fingerprint density at radius 1 is 1.55 bits per heavy atom. The van der Waals surface area contributed by atoms with Crippen molar-refractivity contribution in [3.63, 3.8) is 0 Å². The maximum absolute atomic E-state index is 5.17. The molecule has 3 heteroatoms. The van der Waals surface area contributed by atoms with Gasteiger partial charge in [0.25, 0.3) is 0 Å². The number of ether oxygens (including phenoxy) is 1. The van der Waals surface area contributed by atoms with Crippen LogP contribution in [0.4, 0.5) is 0 Å². The summed E-state index contributed by atoms with van der Waals surface area (Å²) >= 11 is 0. The largest absolute Gasteiger partial charge is 0.481 e. The van der Waals surface area contributed by atoms with Crippen LogP contribution in [0.5, 0.6) is 5.88 Å². The molecule has 61 valence electrons. The first-order valence-electron chi connectivity index (χ1n) is 3.84. The van der Waals surface area contributed by atoms with Crippen molar-refractivity contribution < 1.29 is 4.74 Å². The van der Waals surface area contributed by atoms with Gasteiger partial charge in [0.15, 0.2) is 0 Å². The first-order chi connectivity index (χ1) is 5.33. The van der Waals surface area contributed by atoms with E-state index in [2.05, 4.69) is 18.2 Å². The van der Waals surface area contributed by atoms with Crippen molar-refractivity contribution in [2.24, 2.45) is 0 Å². The number of methoxy groups -OCH3 is 1. The predicted octanol–water partition coefficient (Wildman–Crippen LogP) is 1.27. The Balaban J connectivity index is 2.99. The summed E-state index contributed by atoms with van der Waals surface area (Å²) in [5.41, 5.74) is 1.05. The number of aryl methyl sites for hydroxylation is 2. The zero-order chi connectivity index (χ0) is 8.27. The second kappa shape index (κ2) is 3.42. The maximum Gasteiger partial charge on any atom is 0.215 e. The third kappa shape index (κ3) is 1.37. The fourth-order valence-electron chi connectivity index (χ4n) is 1.04. The van der Waals surface area contributed by atoms with Gasteiger partial charge in [-0.15, -0.1) is 0 Å². The zero-order valence-electron chi connectivity index (χ0n) is 7.22. The van der Waals surface area contributed by atoms with Crippen molar-refractivity contribution in [1.82, 2.24) is 9.78 Å². The number of aromatic nitrogens is 2. The molecule has 0 spiro atoms. The summed E-state index contributed by atoms with van der Waals surface area (Å²) in [5, 5.41) is 4.04. The second-order valence-corrected chi connectivity index (χ2v) is 2.27. The lowest BCUT2D eigenvalue weighted by molar-refractivity contribution is 0.360. The lowest BCUT2D eigenvalue weighted by Gasteiger charge is -2.03. The molecular formula is C8H13N2O. The van der Waals surface area contributed by atoms with Crippen molar-refractivity contribution in [3.8, 4) is 5.88 Å². The van der Waals surface area contributed by atoms with E-state index in [0.717, 1.165) is 24.4 Å². The highest BCUT2D eigenvalue weighted by Gasteiger charge is 2.07. The van der Waals surface area contributed by atoms with Crippen molar-refractivity contribution in [2.75, 3.05) is 7.11 Å². The minimum absolute atomic E-state index is 0.833. The Kier molecular flexibility index (Phi) is 2.52. The molecule has 1 rings (SSSR count). The molecule has 0 aromatic carbocycles. The molecule has 0 N–H and O–H groups in total. The van der Waals surface area contributed by atoms with Crippen LogP contribution in [0.2, 0.25) is 0 Å². The van der Waals surface area contributed by atoms with Crippen LogP contribution in [0, 0.1) is 6.20 Å². The normalized spacial score (nSPS) is 10.1. The highest BCUT2D eigenvalue weighted by molar-refractivity contribution is 5.22. The van der Waals surface area contributed by atoms with Gasteiger partial charge in [-0.05, 0) is 13.3 Å². The van der Waals surface area contributed by atoms with Crippen LogP contribution in [-0.4, -0.2) is 16.9 Å². The van der Waals surface area contributed by atoms with E-state index in [0.29, 0.717) is 0 Å². The molecule has 0 aliphatic rings. The fraction of sp³-hybridized carbons (Fsp3) is 0.625. The quantitative estimate of drug-likeness (QED) is 0.654. The summed E-state index contributed by atoms with van der Waals surface area (Å²) < 4.78 is 6.97. The van der Waals surface area contributed by atoms with Crippen LogP contribution in [0.3, 0.4) is 0 Å². The highest BCUT2D eigenvalue weighted by Crippen LogP contribution is 2.16. The smallest absolute Gasteiger partial charge is 0.215 e. The second-order valence-electron chi connectivity index (χ2n) is 2.27. The summed E-state index contributed by atoms with van der Waals surface area (Å²) in [7, 11) is 1.66. The molecule has 0 aliphatic carbocycles. The summed E-state index contributed by atoms with van der Waals surface area (Å²) in [6.07, 6.45) is 3.83. The molecule has 0 atom stereocenters. The SMILES string of the molecule is CCc1[c]nn(CC)c1OC. The number of hydrogen-bond donors (Lipinski definition) is 0. The van der Waals surface area contributed by atoms with Gasteiger partial charge in [0.2, 0.25) is 5.88 Å². The molecule has 1 aromatic rings. The Morgan fingerprint density at radius 2 is 2.27 bits per heavy atom. The Labute approximate surface area is 67.0 Å². The van der Waals surface area contributed by atoms with Crippen molar-refractivity contribution >= 4 is 0 Å². The summed E-state index contributed by atoms with van der Waals surface area (Å²) in [6.45, 7) is 4.93. The van der Waals surface area contributed by atoms with E-state index in [4.69, 9.17) is 4.74 Å². The van der Waals surface area contributed by atoms with Crippen LogP contribution in [0.1, 0.15) is 19.4 Å². The Hall–Kier alpha value is -0.990. The molecule has 0 bridgehead atoms. The summed E-state index contributed by atoms with van der Waals surface area (Å²) in [5.74, 6) is 0.843. The highest BCUT2D eigenvalue weighted by atomic mass is 16.5. The van der Waals surface area contributed by atoms with Crippen LogP contribution >= 0.6 is 0 Å². The molecule has 0 unspecified atom stereocenters. The lowest BCUT2D eigenvalue weighted by atomic mass is 10.3. The van der Waals surface area contributed by atoms with E-state index in [-0.39, 0.29) is 0 Å². The first-order valence-corrected chi connectivity index (χ1v) is 3.84. The molecule has 0 amide bonds. The van der Waals surface area contributed by atoms with E-state index in [1.54, 1.807) is 11.8 Å². The third-order valence-electron chi connectivity index (χ3n) is 1.64. The number of rotatable bonds is 3. The molecule has 0 saturated carbocycles. The summed E-state index contributed by atoms with van der Waals surface area (Å²) in [4.78, 5) is 0. The standard InChI is InChI=1S/C8H13N2O/c1-4-7-6-9-10(5-2)8(7)11-3/h4-5H2,1-3H3. The molecule has 1 heterocycles. The molecular weight excluding hydrogens is 140 g/mol. The van der Waals surface area contributed by atoms with Gasteiger partial charge in [0.1, 0.15) is 6.20 Å². The lowest BCUT2D eigenvalue weighted by Crippen LogP contribution is -2.00. The van der Waals surface area contributed by atoms with Crippen LogP contribution in [0.15, 0.2) is 0 Å². The minimum Gasteiger partial charge on any atom is -0.481 e. The summed E-state index contributed by atoms with van der Waals surface area (Å²) in [6, 6.07) is 0. The molecule has 1 radical (unpaired) electrons. The molecule has 0 fully saturated rings.